The second kappa shape index (κ2) is 9.50. The summed E-state index contributed by atoms with van der Waals surface area (Å²) in [5.41, 5.74) is 5.59. The molecule has 3 aromatic carbocycles. The smallest absolute Gasteiger partial charge is 0.307 e. The number of carbonyl (C=O) groups excluding carboxylic acids is 1. The van der Waals surface area contributed by atoms with Gasteiger partial charge >= 0.3 is 6.03 Å². The maximum Gasteiger partial charge on any atom is 0.323 e. The Balaban J connectivity index is 1.54. The predicted octanol–water partition coefficient (Wildman–Crippen LogP) is 7.21. The van der Waals surface area contributed by atoms with Crippen LogP contribution in [0.2, 0.25) is 5.02 Å². The number of benzene rings is 3. The largest absolute Gasteiger partial charge is 0.323 e. The number of urea groups is 1. The van der Waals surface area contributed by atoms with Crippen LogP contribution in [0.25, 0.3) is 11.5 Å². The van der Waals surface area contributed by atoms with E-state index in [0.29, 0.717) is 16.3 Å². The standard InChI is InChI=1S/C30H25ClFN5O/c1-19-13-14-26(25(31)16-19)33-30(38)36-18-24-20(2)34-37(23-10-4-3-5-11-23)29(24)35-15-7-12-27(35)28(36)21-8-6-9-22(32)17-21/h3-17,28H,18H2,1-2H3,(H,33,38)/t28-/m1/s1. The van der Waals surface area contributed by atoms with Gasteiger partial charge in [-0.15, -0.1) is 0 Å². The van der Waals surface area contributed by atoms with E-state index < -0.39 is 6.04 Å². The topological polar surface area (TPSA) is 55.1 Å². The third kappa shape index (κ3) is 4.15. The Labute approximate surface area is 224 Å². The molecule has 8 heteroatoms. The summed E-state index contributed by atoms with van der Waals surface area (Å²) in [7, 11) is 0. The minimum Gasteiger partial charge on any atom is -0.307 e. The van der Waals surface area contributed by atoms with E-state index in [9.17, 15) is 9.18 Å². The average Bonchev–Trinajstić information content (AvgIpc) is 3.46. The lowest BCUT2D eigenvalue weighted by molar-refractivity contribution is 0.194. The minimum atomic E-state index is -0.569. The first-order chi connectivity index (χ1) is 18.4. The molecule has 0 radical (unpaired) electrons. The highest BCUT2D eigenvalue weighted by molar-refractivity contribution is 6.33. The molecule has 0 saturated heterocycles. The Morgan fingerprint density at radius 2 is 1.82 bits per heavy atom. The maximum absolute atomic E-state index is 14.5. The van der Waals surface area contributed by atoms with E-state index in [-0.39, 0.29) is 18.4 Å². The zero-order chi connectivity index (χ0) is 26.4. The second-order valence-corrected chi connectivity index (χ2v) is 9.84. The molecule has 0 unspecified atom stereocenters. The van der Waals surface area contributed by atoms with Gasteiger partial charge in [-0.3, -0.25) is 0 Å². The van der Waals surface area contributed by atoms with Gasteiger partial charge in [-0.2, -0.15) is 5.10 Å². The Kier molecular flexibility index (Phi) is 6.00. The van der Waals surface area contributed by atoms with Crippen LogP contribution < -0.4 is 5.32 Å². The Morgan fingerprint density at radius 3 is 2.58 bits per heavy atom. The van der Waals surface area contributed by atoms with Crippen molar-refractivity contribution in [2.75, 3.05) is 5.32 Å². The SMILES string of the molecule is Cc1ccc(NC(=O)N2Cc3c(C)nn(-c4ccccc4)c3-n3cccc3[C@H]2c2cccc(F)c2)c(Cl)c1. The molecule has 2 amide bonds. The Bertz CT molecular complexity index is 1660. The lowest BCUT2D eigenvalue weighted by atomic mass is 10.0. The normalized spacial score (nSPS) is 14.5. The molecule has 1 aliphatic rings. The lowest BCUT2D eigenvalue weighted by Crippen LogP contribution is -2.38. The summed E-state index contributed by atoms with van der Waals surface area (Å²) in [5, 5.41) is 8.29. The van der Waals surface area contributed by atoms with Crippen LogP contribution in [0.15, 0.2) is 91.1 Å². The second-order valence-electron chi connectivity index (χ2n) is 9.44. The first kappa shape index (κ1) is 24.0. The van der Waals surface area contributed by atoms with Gasteiger partial charge < -0.3 is 14.8 Å². The number of halogens is 2. The number of aryl methyl sites for hydroxylation is 2. The summed E-state index contributed by atoms with van der Waals surface area (Å²) in [4.78, 5) is 15.7. The molecule has 0 aliphatic carbocycles. The summed E-state index contributed by atoms with van der Waals surface area (Å²) in [5.74, 6) is 0.481. The highest BCUT2D eigenvalue weighted by Crippen LogP contribution is 2.39. The Hall–Kier alpha value is -4.36. The quantitative estimate of drug-likeness (QED) is 0.270. The molecule has 1 aliphatic heterocycles. The lowest BCUT2D eigenvalue weighted by Gasteiger charge is -2.31. The van der Waals surface area contributed by atoms with Crippen LogP contribution in [0.1, 0.15) is 34.1 Å². The van der Waals surface area contributed by atoms with Gasteiger partial charge in [-0.1, -0.05) is 48.0 Å². The first-order valence-corrected chi connectivity index (χ1v) is 12.7. The molecule has 190 valence electrons. The molecule has 0 spiro atoms. The van der Waals surface area contributed by atoms with E-state index in [1.165, 1.54) is 12.1 Å². The van der Waals surface area contributed by atoms with Gasteiger partial charge in [0.2, 0.25) is 0 Å². The number of anilines is 1. The van der Waals surface area contributed by atoms with Crippen LogP contribution in [0.3, 0.4) is 0 Å². The highest BCUT2D eigenvalue weighted by atomic mass is 35.5. The molecule has 0 bridgehead atoms. The van der Waals surface area contributed by atoms with E-state index in [1.807, 2.05) is 83.9 Å². The molecule has 1 atom stereocenters. The zero-order valence-corrected chi connectivity index (χ0v) is 21.7. The highest BCUT2D eigenvalue weighted by Gasteiger charge is 2.36. The van der Waals surface area contributed by atoms with Crippen LogP contribution in [0.5, 0.6) is 0 Å². The molecule has 38 heavy (non-hydrogen) atoms. The van der Waals surface area contributed by atoms with E-state index >= 15 is 0 Å². The number of para-hydroxylation sites is 1. The first-order valence-electron chi connectivity index (χ1n) is 12.3. The van der Waals surface area contributed by atoms with Crippen LogP contribution in [-0.4, -0.2) is 25.3 Å². The number of aromatic nitrogens is 3. The fourth-order valence-corrected chi connectivity index (χ4v) is 5.37. The van der Waals surface area contributed by atoms with Gasteiger partial charge in [0, 0.05) is 11.8 Å². The van der Waals surface area contributed by atoms with Crippen molar-refractivity contribution in [2.24, 2.45) is 0 Å². The van der Waals surface area contributed by atoms with E-state index in [1.54, 1.807) is 23.1 Å². The average molecular weight is 526 g/mol. The van der Waals surface area contributed by atoms with E-state index in [0.717, 1.165) is 34.0 Å². The third-order valence-corrected chi connectivity index (χ3v) is 7.19. The van der Waals surface area contributed by atoms with Gasteiger partial charge in [0.1, 0.15) is 11.6 Å². The number of fused-ring (bicyclic) bond motifs is 3. The van der Waals surface area contributed by atoms with Crippen molar-refractivity contribution in [3.8, 4) is 11.5 Å². The Morgan fingerprint density at radius 1 is 1.00 bits per heavy atom. The molecule has 6 nitrogen and oxygen atoms in total. The minimum absolute atomic E-state index is 0.256. The van der Waals surface area contributed by atoms with Crippen molar-refractivity contribution in [3.63, 3.8) is 0 Å². The number of nitrogens with one attached hydrogen (secondary N) is 1. The number of nitrogens with zero attached hydrogens (tertiary/aromatic N) is 4. The van der Waals surface area contributed by atoms with Crippen LogP contribution in [-0.2, 0) is 6.54 Å². The summed E-state index contributed by atoms with van der Waals surface area (Å²) >= 11 is 6.46. The molecule has 5 aromatic rings. The van der Waals surface area contributed by atoms with Crippen molar-refractivity contribution in [1.29, 1.82) is 0 Å². The van der Waals surface area contributed by atoms with Crippen molar-refractivity contribution in [2.45, 2.75) is 26.4 Å². The molecule has 2 aromatic heterocycles. The summed E-state index contributed by atoms with van der Waals surface area (Å²) in [6.45, 7) is 4.14. The van der Waals surface area contributed by atoms with Crippen molar-refractivity contribution in [1.82, 2.24) is 19.2 Å². The van der Waals surface area contributed by atoms with Crippen LogP contribution in [0.4, 0.5) is 14.9 Å². The molecular weight excluding hydrogens is 501 g/mol. The van der Waals surface area contributed by atoms with E-state index in [2.05, 4.69) is 5.32 Å². The summed E-state index contributed by atoms with van der Waals surface area (Å²) in [6, 6.07) is 24.7. The molecule has 1 N–H and O–H groups in total. The zero-order valence-electron chi connectivity index (χ0n) is 20.9. The number of hydrogen-bond donors (Lipinski definition) is 1. The van der Waals surface area contributed by atoms with Gasteiger partial charge in [0.25, 0.3) is 0 Å². The van der Waals surface area contributed by atoms with Gasteiger partial charge in [0.05, 0.1) is 40.4 Å². The number of rotatable bonds is 3. The van der Waals surface area contributed by atoms with Crippen LogP contribution in [0, 0.1) is 19.7 Å². The van der Waals surface area contributed by atoms with Crippen molar-refractivity contribution < 1.29 is 9.18 Å². The fourth-order valence-electron chi connectivity index (χ4n) is 5.09. The monoisotopic (exact) mass is 525 g/mol. The fraction of sp³-hybridized carbons (Fsp3) is 0.133. The van der Waals surface area contributed by atoms with Crippen molar-refractivity contribution in [3.05, 3.63) is 130 Å². The van der Waals surface area contributed by atoms with Gasteiger partial charge in [-0.25, -0.2) is 13.9 Å². The van der Waals surface area contributed by atoms with Gasteiger partial charge in [-0.05, 0) is 73.5 Å². The van der Waals surface area contributed by atoms with Crippen molar-refractivity contribution >= 4 is 23.3 Å². The van der Waals surface area contributed by atoms with Crippen LogP contribution >= 0.6 is 11.6 Å². The number of carbonyl (C=O) groups is 1. The molecule has 6 rings (SSSR count). The third-order valence-electron chi connectivity index (χ3n) is 6.88. The number of amides is 2. The summed E-state index contributed by atoms with van der Waals surface area (Å²) in [6.07, 6.45) is 1.96. The molecule has 0 fully saturated rings. The molecular formula is C30H25ClFN5O. The predicted molar refractivity (Wildman–Crippen MR) is 147 cm³/mol. The maximum atomic E-state index is 14.5. The molecule has 3 heterocycles. The number of hydrogen-bond acceptors (Lipinski definition) is 2. The molecule has 0 saturated carbocycles. The van der Waals surface area contributed by atoms with Gasteiger partial charge in [0.15, 0.2) is 0 Å². The summed E-state index contributed by atoms with van der Waals surface area (Å²) < 4.78 is 18.4. The van der Waals surface area contributed by atoms with E-state index in [4.69, 9.17) is 16.7 Å².